The van der Waals surface area contributed by atoms with Crippen LogP contribution in [0.4, 0.5) is 0 Å². The summed E-state index contributed by atoms with van der Waals surface area (Å²) in [7, 11) is -2.55. The maximum Gasteiger partial charge on any atom is 0.241 e. The summed E-state index contributed by atoms with van der Waals surface area (Å²) in [5.74, 6) is -0.0386. The maximum atomic E-state index is 12.9. The molecule has 1 saturated heterocycles. The van der Waals surface area contributed by atoms with Crippen molar-refractivity contribution in [3.63, 3.8) is 0 Å². The summed E-state index contributed by atoms with van der Waals surface area (Å²) in [5.41, 5.74) is 0.838. The van der Waals surface area contributed by atoms with Gasteiger partial charge in [-0.2, -0.15) is 4.72 Å². The lowest BCUT2D eigenvalue weighted by Gasteiger charge is -2.20. The third-order valence-electron chi connectivity index (χ3n) is 4.86. The van der Waals surface area contributed by atoms with Crippen LogP contribution in [-0.4, -0.2) is 46.7 Å². The Balaban J connectivity index is 1.77. The molecule has 0 radical (unpaired) electrons. The zero-order chi connectivity index (χ0) is 21.6. The molecule has 1 aliphatic rings. The molecular formula is C21H25ClN2O5S. The van der Waals surface area contributed by atoms with Gasteiger partial charge in [0, 0.05) is 13.2 Å². The summed E-state index contributed by atoms with van der Waals surface area (Å²) in [6, 6.07) is 12.4. The first-order chi connectivity index (χ1) is 14.4. The van der Waals surface area contributed by atoms with Crippen LogP contribution < -0.4 is 14.8 Å². The molecule has 2 atom stereocenters. The fraction of sp³-hybridized carbons (Fsp3) is 0.381. The lowest BCUT2D eigenvalue weighted by atomic mass is 10.1. The minimum atomic E-state index is -3.99. The quantitative estimate of drug-likeness (QED) is 0.609. The summed E-state index contributed by atoms with van der Waals surface area (Å²) in [6.45, 7) is 1.03. The molecule has 1 amide bonds. The van der Waals surface area contributed by atoms with Gasteiger partial charge in [-0.05, 0) is 43.0 Å². The predicted molar refractivity (Wildman–Crippen MR) is 114 cm³/mol. The summed E-state index contributed by atoms with van der Waals surface area (Å²) in [5, 5.41) is 2.98. The second-order valence-corrected chi connectivity index (χ2v) is 9.16. The number of halogens is 1. The van der Waals surface area contributed by atoms with Crippen molar-refractivity contribution in [2.45, 2.75) is 36.3 Å². The molecule has 1 aliphatic heterocycles. The first-order valence-corrected chi connectivity index (χ1v) is 11.5. The molecule has 7 nitrogen and oxygen atoms in total. The van der Waals surface area contributed by atoms with E-state index in [4.69, 9.17) is 21.1 Å². The van der Waals surface area contributed by atoms with Crippen LogP contribution in [0.5, 0.6) is 5.75 Å². The van der Waals surface area contributed by atoms with Crippen LogP contribution in [-0.2, 0) is 26.0 Å². The third-order valence-corrected chi connectivity index (χ3v) is 6.62. The topological polar surface area (TPSA) is 93.7 Å². The van der Waals surface area contributed by atoms with Crippen LogP contribution >= 0.6 is 11.6 Å². The van der Waals surface area contributed by atoms with Crippen LogP contribution in [0.3, 0.4) is 0 Å². The standard InChI is InChI=1S/C21H25ClN2O5S/c1-28-20-10-9-17(13-18(20)22)30(26,27)24-19(12-15-6-3-2-4-7-15)21(25)23-14-16-8-5-11-29-16/h2-4,6-7,9-10,13,16,19,24H,5,8,11-12,14H2,1H3,(H,23,25)/t16-,19-/m1/s1. The molecule has 0 bridgehead atoms. The van der Waals surface area contributed by atoms with E-state index in [0.717, 1.165) is 18.4 Å². The molecule has 2 aromatic carbocycles. The average molecular weight is 453 g/mol. The van der Waals surface area contributed by atoms with Gasteiger partial charge >= 0.3 is 0 Å². The molecule has 2 N–H and O–H groups in total. The highest BCUT2D eigenvalue weighted by Crippen LogP contribution is 2.27. The van der Waals surface area contributed by atoms with Gasteiger partial charge in [-0.15, -0.1) is 0 Å². The number of hydrogen-bond donors (Lipinski definition) is 2. The van der Waals surface area contributed by atoms with Gasteiger partial charge in [0.15, 0.2) is 0 Å². The van der Waals surface area contributed by atoms with Gasteiger partial charge in [0.2, 0.25) is 15.9 Å². The molecule has 3 rings (SSSR count). The second kappa shape index (κ2) is 10.3. The molecule has 0 spiro atoms. The van der Waals surface area contributed by atoms with Gasteiger partial charge in [0.05, 0.1) is 23.1 Å². The van der Waals surface area contributed by atoms with Crippen molar-refractivity contribution in [3.8, 4) is 5.75 Å². The summed E-state index contributed by atoms with van der Waals surface area (Å²) in [6.07, 6.45) is 2.00. The number of rotatable bonds is 9. The largest absolute Gasteiger partial charge is 0.495 e. The van der Waals surface area contributed by atoms with Gasteiger partial charge in [0.1, 0.15) is 11.8 Å². The van der Waals surface area contributed by atoms with E-state index in [9.17, 15) is 13.2 Å². The fourth-order valence-corrected chi connectivity index (χ4v) is 4.79. The number of hydrogen-bond acceptors (Lipinski definition) is 5. The number of sulfonamides is 1. The zero-order valence-corrected chi connectivity index (χ0v) is 18.2. The molecule has 0 saturated carbocycles. The minimum absolute atomic E-state index is 0.0386. The van der Waals surface area contributed by atoms with Gasteiger partial charge in [-0.25, -0.2) is 8.42 Å². The predicted octanol–water partition coefficient (Wildman–Crippen LogP) is 2.53. The van der Waals surface area contributed by atoms with Crippen molar-refractivity contribution in [1.82, 2.24) is 10.0 Å². The van der Waals surface area contributed by atoms with Gasteiger partial charge in [-0.1, -0.05) is 41.9 Å². The highest BCUT2D eigenvalue weighted by molar-refractivity contribution is 7.89. The van der Waals surface area contributed by atoms with Crippen LogP contribution in [0, 0.1) is 0 Å². The SMILES string of the molecule is COc1ccc(S(=O)(=O)N[C@H](Cc2ccccc2)C(=O)NC[C@H]2CCCO2)cc1Cl. The van der Waals surface area contributed by atoms with Crippen molar-refractivity contribution >= 4 is 27.5 Å². The van der Waals surface area contributed by atoms with E-state index in [1.165, 1.54) is 25.3 Å². The summed E-state index contributed by atoms with van der Waals surface area (Å²) in [4.78, 5) is 12.8. The molecule has 1 heterocycles. The lowest BCUT2D eigenvalue weighted by molar-refractivity contribution is -0.123. The number of methoxy groups -OCH3 is 1. The van der Waals surface area contributed by atoms with Gasteiger partial charge < -0.3 is 14.8 Å². The smallest absolute Gasteiger partial charge is 0.241 e. The normalized spacial score (nSPS) is 17.5. The first kappa shape index (κ1) is 22.6. The molecule has 2 aromatic rings. The second-order valence-electron chi connectivity index (χ2n) is 7.04. The van der Waals surface area contributed by atoms with E-state index in [1.54, 1.807) is 0 Å². The van der Waals surface area contributed by atoms with E-state index in [-0.39, 0.29) is 22.4 Å². The number of benzene rings is 2. The molecule has 9 heteroatoms. The molecule has 0 aliphatic carbocycles. The van der Waals surface area contributed by atoms with Gasteiger partial charge in [-0.3, -0.25) is 4.79 Å². The Bertz CT molecular complexity index is 963. The van der Waals surface area contributed by atoms with Crippen molar-refractivity contribution < 1.29 is 22.7 Å². The van der Waals surface area contributed by atoms with Crippen molar-refractivity contribution in [3.05, 3.63) is 59.1 Å². The summed E-state index contributed by atoms with van der Waals surface area (Å²) >= 11 is 6.08. The maximum absolute atomic E-state index is 12.9. The van der Waals surface area contributed by atoms with E-state index in [1.807, 2.05) is 30.3 Å². The molecule has 162 valence electrons. The molecule has 0 unspecified atom stereocenters. The van der Waals surface area contributed by atoms with Gasteiger partial charge in [0.25, 0.3) is 0 Å². The highest BCUT2D eigenvalue weighted by Gasteiger charge is 2.27. The Kier molecular flexibility index (Phi) is 7.71. The molecule has 30 heavy (non-hydrogen) atoms. The Morgan fingerprint density at radius 1 is 1.27 bits per heavy atom. The fourth-order valence-electron chi connectivity index (χ4n) is 3.25. The van der Waals surface area contributed by atoms with Crippen LogP contribution in [0.1, 0.15) is 18.4 Å². The number of ether oxygens (including phenoxy) is 2. The first-order valence-electron chi connectivity index (χ1n) is 9.68. The minimum Gasteiger partial charge on any atom is -0.495 e. The summed E-state index contributed by atoms with van der Waals surface area (Å²) < 4.78 is 39.0. The number of carbonyl (C=O) groups is 1. The highest BCUT2D eigenvalue weighted by atomic mass is 35.5. The molecule has 1 fully saturated rings. The Labute approximate surface area is 181 Å². The zero-order valence-electron chi connectivity index (χ0n) is 16.6. The number of nitrogens with one attached hydrogen (secondary N) is 2. The number of amides is 1. The van der Waals surface area contributed by atoms with Crippen LogP contribution in [0.25, 0.3) is 0 Å². The Morgan fingerprint density at radius 3 is 2.67 bits per heavy atom. The lowest BCUT2D eigenvalue weighted by Crippen LogP contribution is -2.49. The van der Waals surface area contributed by atoms with Crippen LogP contribution in [0.15, 0.2) is 53.4 Å². The Hall–Kier alpha value is -2.13. The Morgan fingerprint density at radius 2 is 2.03 bits per heavy atom. The van der Waals surface area contributed by atoms with Crippen LogP contribution in [0.2, 0.25) is 5.02 Å². The third kappa shape index (κ3) is 5.95. The average Bonchev–Trinajstić information content (AvgIpc) is 3.26. The molecular weight excluding hydrogens is 428 g/mol. The van der Waals surface area contributed by atoms with Crippen molar-refractivity contribution in [1.29, 1.82) is 0 Å². The van der Waals surface area contributed by atoms with E-state index in [2.05, 4.69) is 10.0 Å². The van der Waals surface area contributed by atoms with E-state index in [0.29, 0.717) is 18.9 Å². The van der Waals surface area contributed by atoms with Crippen molar-refractivity contribution in [2.24, 2.45) is 0 Å². The van der Waals surface area contributed by atoms with E-state index >= 15 is 0 Å². The number of carbonyl (C=O) groups excluding carboxylic acids is 1. The monoisotopic (exact) mass is 452 g/mol. The van der Waals surface area contributed by atoms with E-state index < -0.39 is 22.0 Å². The van der Waals surface area contributed by atoms with Crippen molar-refractivity contribution in [2.75, 3.05) is 20.3 Å². The molecule has 0 aromatic heterocycles.